The molecule has 1 atom stereocenters. The van der Waals surface area contributed by atoms with Gasteiger partial charge in [-0.05, 0) is 62.6 Å². The van der Waals surface area contributed by atoms with Crippen LogP contribution in [0.15, 0.2) is 36.4 Å². The van der Waals surface area contributed by atoms with Gasteiger partial charge in [0, 0.05) is 11.4 Å². The van der Waals surface area contributed by atoms with Crippen LogP contribution < -0.4 is 15.5 Å². The minimum Gasteiger partial charge on any atom is -0.462 e. The van der Waals surface area contributed by atoms with E-state index in [1.807, 2.05) is 39.8 Å². The minimum absolute atomic E-state index is 0.138. The van der Waals surface area contributed by atoms with Gasteiger partial charge in [0.1, 0.15) is 0 Å². The lowest BCUT2D eigenvalue weighted by Crippen LogP contribution is -3.11. The number of carbonyl (C=O) groups is 3. The molecule has 0 saturated heterocycles. The third kappa shape index (κ3) is 7.53. The second-order valence-electron chi connectivity index (χ2n) is 7.89. The van der Waals surface area contributed by atoms with Crippen LogP contribution in [0.1, 0.15) is 40.4 Å². The van der Waals surface area contributed by atoms with Crippen LogP contribution in [0.3, 0.4) is 0 Å². The van der Waals surface area contributed by atoms with Crippen molar-refractivity contribution in [1.82, 2.24) is 0 Å². The Morgan fingerprint density at radius 3 is 2.00 bits per heavy atom. The van der Waals surface area contributed by atoms with Crippen molar-refractivity contribution in [3.05, 3.63) is 58.7 Å². The average Bonchev–Trinajstić information content (AvgIpc) is 2.69. The molecular formula is C24H32N3O4+. The van der Waals surface area contributed by atoms with Crippen molar-refractivity contribution in [3.8, 4) is 0 Å². The molecule has 0 aliphatic heterocycles. The molecule has 2 rings (SSSR count). The smallest absolute Gasteiger partial charge is 0.338 e. The third-order valence-electron chi connectivity index (χ3n) is 4.71. The number of benzene rings is 2. The molecule has 2 amide bonds. The molecule has 166 valence electrons. The Labute approximate surface area is 183 Å². The Morgan fingerprint density at radius 1 is 0.903 bits per heavy atom. The van der Waals surface area contributed by atoms with Crippen molar-refractivity contribution in [2.75, 3.05) is 37.4 Å². The molecule has 0 spiro atoms. The van der Waals surface area contributed by atoms with Crippen LogP contribution in [0.25, 0.3) is 0 Å². The molecule has 2 aromatic carbocycles. The number of nitrogens with one attached hydrogen (secondary N) is 3. The Morgan fingerprint density at radius 2 is 1.45 bits per heavy atom. The van der Waals surface area contributed by atoms with E-state index in [-0.39, 0.29) is 30.9 Å². The van der Waals surface area contributed by atoms with Gasteiger partial charge >= 0.3 is 5.97 Å². The molecule has 2 aromatic rings. The van der Waals surface area contributed by atoms with Crippen molar-refractivity contribution in [2.24, 2.45) is 0 Å². The Hall–Kier alpha value is -3.19. The highest BCUT2D eigenvalue weighted by Gasteiger charge is 2.16. The number of carbonyl (C=O) groups excluding carboxylic acids is 3. The van der Waals surface area contributed by atoms with Gasteiger partial charge < -0.3 is 20.3 Å². The Kier molecular flexibility index (Phi) is 8.75. The molecule has 0 saturated carbocycles. The van der Waals surface area contributed by atoms with Crippen LogP contribution in [0.2, 0.25) is 0 Å². The van der Waals surface area contributed by atoms with E-state index in [9.17, 15) is 14.4 Å². The zero-order valence-electron chi connectivity index (χ0n) is 18.9. The van der Waals surface area contributed by atoms with Crippen molar-refractivity contribution in [3.63, 3.8) is 0 Å². The van der Waals surface area contributed by atoms with Crippen LogP contribution in [-0.4, -0.2) is 44.5 Å². The normalized spacial score (nSPS) is 11.5. The first-order valence-electron chi connectivity index (χ1n) is 10.5. The molecular weight excluding hydrogens is 394 g/mol. The first-order valence-corrected chi connectivity index (χ1v) is 10.5. The van der Waals surface area contributed by atoms with Crippen LogP contribution in [0.4, 0.5) is 11.4 Å². The second-order valence-corrected chi connectivity index (χ2v) is 7.89. The fourth-order valence-electron chi connectivity index (χ4n) is 3.34. The number of amides is 2. The van der Waals surface area contributed by atoms with Gasteiger partial charge in [0.15, 0.2) is 13.1 Å². The lowest BCUT2D eigenvalue weighted by atomic mass is 10.1. The summed E-state index contributed by atoms with van der Waals surface area (Å²) in [6.07, 6.45) is 0.762. The highest BCUT2D eigenvalue weighted by atomic mass is 16.5. The van der Waals surface area contributed by atoms with Gasteiger partial charge in [-0.15, -0.1) is 0 Å². The first kappa shape index (κ1) is 24.1. The molecule has 7 nitrogen and oxygen atoms in total. The van der Waals surface area contributed by atoms with Gasteiger partial charge in [-0.2, -0.15) is 0 Å². The van der Waals surface area contributed by atoms with Crippen LogP contribution >= 0.6 is 0 Å². The van der Waals surface area contributed by atoms with Gasteiger partial charge in [0.25, 0.3) is 11.8 Å². The van der Waals surface area contributed by atoms with E-state index < -0.39 is 0 Å². The van der Waals surface area contributed by atoms with E-state index in [0.29, 0.717) is 17.9 Å². The molecule has 1 unspecified atom stereocenters. The summed E-state index contributed by atoms with van der Waals surface area (Å²) in [6.45, 7) is 8.57. The SMILES string of the molecule is CCCOC(=O)c1ccc(NC(=O)C[NH+](C)CC(=O)Nc2c(C)cc(C)cc2C)cc1. The van der Waals surface area contributed by atoms with Gasteiger partial charge in [0.05, 0.1) is 19.2 Å². The summed E-state index contributed by atoms with van der Waals surface area (Å²) >= 11 is 0. The molecule has 3 N–H and O–H groups in total. The summed E-state index contributed by atoms with van der Waals surface area (Å²) in [6, 6.07) is 10.6. The van der Waals surface area contributed by atoms with Gasteiger partial charge in [-0.3, -0.25) is 9.59 Å². The van der Waals surface area contributed by atoms with E-state index in [2.05, 4.69) is 10.6 Å². The van der Waals surface area contributed by atoms with Crippen LogP contribution in [0.5, 0.6) is 0 Å². The van der Waals surface area contributed by atoms with E-state index >= 15 is 0 Å². The molecule has 0 aliphatic carbocycles. The number of aryl methyl sites for hydroxylation is 3. The zero-order chi connectivity index (χ0) is 23.0. The maximum Gasteiger partial charge on any atom is 0.338 e. The van der Waals surface area contributed by atoms with Gasteiger partial charge in [-0.25, -0.2) is 4.79 Å². The molecule has 0 bridgehead atoms. The summed E-state index contributed by atoms with van der Waals surface area (Å²) in [5, 5.41) is 5.74. The average molecular weight is 427 g/mol. The van der Waals surface area contributed by atoms with Crippen LogP contribution in [-0.2, 0) is 14.3 Å². The van der Waals surface area contributed by atoms with E-state index in [1.54, 1.807) is 31.3 Å². The van der Waals surface area contributed by atoms with Gasteiger partial charge in [-0.1, -0.05) is 24.6 Å². The number of anilines is 2. The zero-order valence-corrected chi connectivity index (χ0v) is 18.9. The summed E-state index contributed by atoms with van der Waals surface area (Å²) in [7, 11) is 1.79. The minimum atomic E-state index is -0.381. The summed E-state index contributed by atoms with van der Waals surface area (Å²) in [4.78, 5) is 37.3. The molecule has 31 heavy (non-hydrogen) atoms. The maximum atomic E-state index is 12.4. The van der Waals surface area contributed by atoms with Crippen molar-refractivity contribution in [1.29, 1.82) is 0 Å². The van der Waals surface area contributed by atoms with E-state index in [4.69, 9.17) is 4.74 Å². The summed E-state index contributed by atoms with van der Waals surface area (Å²) < 4.78 is 5.08. The Bertz CT molecular complexity index is 915. The highest BCUT2D eigenvalue weighted by molar-refractivity contribution is 5.95. The molecule has 0 aliphatic rings. The van der Waals surface area contributed by atoms with Crippen molar-refractivity contribution >= 4 is 29.2 Å². The lowest BCUT2D eigenvalue weighted by molar-refractivity contribution is -0.862. The largest absolute Gasteiger partial charge is 0.462 e. The van der Waals surface area contributed by atoms with Crippen LogP contribution in [0, 0.1) is 20.8 Å². The number of hydrogen-bond acceptors (Lipinski definition) is 4. The van der Waals surface area contributed by atoms with Gasteiger partial charge in [0.2, 0.25) is 0 Å². The third-order valence-corrected chi connectivity index (χ3v) is 4.71. The highest BCUT2D eigenvalue weighted by Crippen LogP contribution is 2.21. The lowest BCUT2D eigenvalue weighted by Gasteiger charge is -2.16. The molecule has 7 heteroatoms. The first-order chi connectivity index (χ1) is 14.7. The quantitative estimate of drug-likeness (QED) is 0.537. The number of quaternary nitrogens is 1. The number of likely N-dealkylation sites (N-methyl/N-ethyl adjacent to an activating group) is 1. The van der Waals surface area contributed by atoms with E-state index in [1.165, 1.54) is 0 Å². The second kappa shape index (κ2) is 11.3. The van der Waals surface area contributed by atoms with Crippen molar-refractivity contribution in [2.45, 2.75) is 34.1 Å². The van der Waals surface area contributed by atoms with Crippen molar-refractivity contribution < 1.29 is 24.0 Å². The molecule has 0 heterocycles. The Balaban J connectivity index is 1.84. The molecule has 0 radical (unpaired) electrons. The summed E-state index contributed by atoms with van der Waals surface area (Å²) in [5.41, 5.74) is 5.03. The standard InChI is InChI=1S/C24H31N3O4/c1-6-11-31-24(30)19-7-9-20(10-8-19)25-21(28)14-27(5)15-22(29)26-23-17(3)12-16(2)13-18(23)4/h7-10,12-13H,6,11,14-15H2,1-5H3,(H,25,28)(H,26,29)/p+1. The fourth-order valence-corrected chi connectivity index (χ4v) is 3.34. The monoisotopic (exact) mass is 426 g/mol. The number of esters is 1. The summed E-state index contributed by atoms with van der Waals surface area (Å²) in [5.74, 6) is -0.737. The topological polar surface area (TPSA) is 88.9 Å². The fraction of sp³-hybridized carbons (Fsp3) is 0.375. The number of rotatable bonds is 9. The number of ether oxygens (including phenoxy) is 1. The van der Waals surface area contributed by atoms with E-state index in [0.717, 1.165) is 33.7 Å². The predicted octanol–water partition coefficient (Wildman–Crippen LogP) is 2.27. The maximum absolute atomic E-state index is 12.4. The molecule has 0 aromatic heterocycles. The predicted molar refractivity (Wildman–Crippen MR) is 122 cm³/mol. The molecule has 0 fully saturated rings. The number of hydrogen-bond donors (Lipinski definition) is 3.